The monoisotopic (exact) mass is 362 g/mol. The number of halogens is 2. The average molecular weight is 362 g/mol. The van der Waals surface area contributed by atoms with Gasteiger partial charge in [0.25, 0.3) is 0 Å². The quantitative estimate of drug-likeness (QED) is 0.824. The fraction of sp³-hybridized carbons (Fsp3) is 0.474. The van der Waals surface area contributed by atoms with Crippen molar-refractivity contribution in [1.29, 1.82) is 0 Å². The molecule has 2 N–H and O–H groups in total. The van der Waals surface area contributed by atoms with E-state index < -0.39 is 11.6 Å². The minimum Gasteiger partial charge on any atom is -0.393 e. The van der Waals surface area contributed by atoms with Crippen molar-refractivity contribution >= 4 is 11.8 Å². The second-order valence-electron chi connectivity index (χ2n) is 6.65. The summed E-state index contributed by atoms with van der Waals surface area (Å²) in [4.78, 5) is 10.8. The number of hydrogen-bond donors (Lipinski definition) is 2. The molecule has 0 radical (unpaired) electrons. The van der Waals surface area contributed by atoms with Gasteiger partial charge in [-0.05, 0) is 56.4 Å². The second-order valence-corrected chi connectivity index (χ2v) is 6.65. The van der Waals surface area contributed by atoms with E-state index in [0.29, 0.717) is 24.6 Å². The molecule has 1 aliphatic rings. The lowest BCUT2D eigenvalue weighted by Crippen LogP contribution is -2.29. The Hall–Kier alpha value is -2.28. The summed E-state index contributed by atoms with van der Waals surface area (Å²) in [6.45, 7) is 3.09. The van der Waals surface area contributed by atoms with E-state index in [9.17, 15) is 13.9 Å². The van der Waals surface area contributed by atoms with Crippen molar-refractivity contribution in [1.82, 2.24) is 9.97 Å². The lowest BCUT2D eigenvalue weighted by atomic mass is 9.93. The molecule has 0 unspecified atom stereocenters. The predicted molar refractivity (Wildman–Crippen MR) is 97.0 cm³/mol. The zero-order valence-corrected chi connectivity index (χ0v) is 14.8. The first-order valence-corrected chi connectivity index (χ1v) is 9.01. The fourth-order valence-corrected chi connectivity index (χ4v) is 3.21. The lowest BCUT2D eigenvalue weighted by Gasteiger charge is -2.27. The summed E-state index contributed by atoms with van der Waals surface area (Å²) in [5.74, 6) is -0.413. The van der Waals surface area contributed by atoms with Gasteiger partial charge in [-0.15, -0.1) is 0 Å². The Morgan fingerprint density at radius 2 is 1.92 bits per heavy atom. The minimum absolute atomic E-state index is 0.202. The van der Waals surface area contributed by atoms with E-state index in [2.05, 4.69) is 15.3 Å². The van der Waals surface area contributed by atoms with E-state index in [-0.39, 0.29) is 12.1 Å². The number of aliphatic hydroxyl groups is 1. The third-order valence-corrected chi connectivity index (χ3v) is 4.73. The van der Waals surface area contributed by atoms with Crippen LogP contribution in [0, 0.1) is 11.6 Å². The highest BCUT2D eigenvalue weighted by molar-refractivity contribution is 5.43. The third-order valence-electron chi connectivity index (χ3n) is 4.73. The maximum atomic E-state index is 13.4. The predicted octanol–water partition coefficient (Wildman–Crippen LogP) is 3.50. The van der Waals surface area contributed by atoms with E-state index in [1.165, 1.54) is 6.07 Å². The maximum absolute atomic E-state index is 13.4. The first-order chi connectivity index (χ1) is 12.5. The normalized spacial score (nSPS) is 20.0. The van der Waals surface area contributed by atoms with E-state index in [0.717, 1.165) is 37.6 Å². The molecule has 5 nitrogen and oxygen atoms in total. The van der Waals surface area contributed by atoms with E-state index >= 15 is 0 Å². The number of aliphatic hydroxyl groups excluding tert-OH is 1. The maximum Gasteiger partial charge on any atom is 0.224 e. The van der Waals surface area contributed by atoms with Gasteiger partial charge in [0.2, 0.25) is 5.95 Å². The van der Waals surface area contributed by atoms with Crippen LogP contribution in [0.5, 0.6) is 0 Å². The molecule has 2 aromatic rings. The highest BCUT2D eigenvalue weighted by Crippen LogP contribution is 2.22. The SMILES string of the molecule is CCN(Cc1ccc(F)c(F)c1)c1ccnc(NC2CCC(O)CC2)n1. The molecule has 1 aromatic heterocycles. The summed E-state index contributed by atoms with van der Waals surface area (Å²) in [6, 6.07) is 6.00. The molecule has 0 atom stereocenters. The van der Waals surface area contributed by atoms with Crippen LogP contribution >= 0.6 is 0 Å². The van der Waals surface area contributed by atoms with Gasteiger partial charge < -0.3 is 15.3 Å². The Kier molecular flexibility index (Phi) is 5.98. The number of rotatable bonds is 6. The van der Waals surface area contributed by atoms with Crippen LogP contribution in [0.1, 0.15) is 38.2 Å². The van der Waals surface area contributed by atoms with Crippen LogP contribution < -0.4 is 10.2 Å². The van der Waals surface area contributed by atoms with Gasteiger partial charge in [0.15, 0.2) is 11.6 Å². The molecule has 1 aromatic carbocycles. The molecule has 0 amide bonds. The second kappa shape index (κ2) is 8.40. The number of nitrogens with one attached hydrogen (secondary N) is 1. The van der Waals surface area contributed by atoms with Gasteiger partial charge in [0.05, 0.1) is 6.10 Å². The van der Waals surface area contributed by atoms with Crippen LogP contribution in [0.3, 0.4) is 0 Å². The zero-order chi connectivity index (χ0) is 18.5. The van der Waals surface area contributed by atoms with Crippen molar-refractivity contribution in [2.24, 2.45) is 0 Å². The number of hydrogen-bond acceptors (Lipinski definition) is 5. The van der Waals surface area contributed by atoms with Crippen LogP contribution in [-0.2, 0) is 6.54 Å². The molecule has 0 saturated heterocycles. The summed E-state index contributed by atoms with van der Waals surface area (Å²) >= 11 is 0. The Balaban J connectivity index is 1.69. The van der Waals surface area contributed by atoms with Gasteiger partial charge in [-0.25, -0.2) is 13.8 Å². The topological polar surface area (TPSA) is 61.3 Å². The van der Waals surface area contributed by atoms with E-state index in [1.807, 2.05) is 11.8 Å². The summed E-state index contributed by atoms with van der Waals surface area (Å²) < 4.78 is 26.5. The van der Waals surface area contributed by atoms with Crippen LogP contribution in [-0.4, -0.2) is 33.8 Å². The minimum atomic E-state index is -0.845. The highest BCUT2D eigenvalue weighted by Gasteiger charge is 2.20. The van der Waals surface area contributed by atoms with Gasteiger partial charge in [0.1, 0.15) is 5.82 Å². The van der Waals surface area contributed by atoms with Gasteiger partial charge in [-0.3, -0.25) is 0 Å². The molecule has 3 rings (SSSR count). The Bertz CT molecular complexity index is 735. The molecule has 1 heterocycles. The van der Waals surface area contributed by atoms with E-state index in [1.54, 1.807) is 18.3 Å². The Morgan fingerprint density at radius 1 is 1.15 bits per heavy atom. The van der Waals surface area contributed by atoms with Crippen molar-refractivity contribution < 1.29 is 13.9 Å². The number of aromatic nitrogens is 2. The van der Waals surface area contributed by atoms with Crippen LogP contribution in [0.4, 0.5) is 20.5 Å². The van der Waals surface area contributed by atoms with Crippen molar-refractivity contribution in [3.05, 3.63) is 47.7 Å². The summed E-state index contributed by atoms with van der Waals surface area (Å²) in [7, 11) is 0. The number of nitrogens with zero attached hydrogens (tertiary/aromatic N) is 3. The number of benzene rings is 1. The fourth-order valence-electron chi connectivity index (χ4n) is 3.21. The zero-order valence-electron chi connectivity index (χ0n) is 14.8. The van der Waals surface area contributed by atoms with Gasteiger partial charge in [-0.1, -0.05) is 6.07 Å². The van der Waals surface area contributed by atoms with E-state index in [4.69, 9.17) is 0 Å². The molecule has 1 fully saturated rings. The summed E-state index contributed by atoms with van der Waals surface area (Å²) in [5.41, 5.74) is 0.681. The lowest BCUT2D eigenvalue weighted by molar-refractivity contribution is 0.126. The molecular weight excluding hydrogens is 338 g/mol. The summed E-state index contributed by atoms with van der Waals surface area (Å²) in [5, 5.41) is 12.9. The molecule has 140 valence electrons. The van der Waals surface area contributed by atoms with Crippen molar-refractivity contribution in [2.75, 3.05) is 16.8 Å². The van der Waals surface area contributed by atoms with Crippen LogP contribution in [0.15, 0.2) is 30.5 Å². The Labute approximate surface area is 152 Å². The van der Waals surface area contributed by atoms with Crippen molar-refractivity contribution in [2.45, 2.75) is 51.3 Å². The third kappa shape index (κ3) is 4.66. The molecular formula is C19H24F2N4O. The molecule has 0 spiro atoms. The molecule has 1 aliphatic carbocycles. The standard InChI is InChI=1S/C19H24F2N4O/c1-2-25(12-13-3-8-16(20)17(21)11-13)18-9-10-22-19(24-18)23-14-4-6-15(26)7-5-14/h3,8-11,14-15,26H,2,4-7,12H2,1H3,(H,22,23,24). The average Bonchev–Trinajstić information content (AvgIpc) is 2.65. The van der Waals surface area contributed by atoms with Crippen LogP contribution in [0.25, 0.3) is 0 Å². The highest BCUT2D eigenvalue weighted by atomic mass is 19.2. The summed E-state index contributed by atoms with van der Waals surface area (Å²) in [6.07, 6.45) is 4.84. The Morgan fingerprint density at radius 3 is 2.62 bits per heavy atom. The first-order valence-electron chi connectivity index (χ1n) is 9.01. The van der Waals surface area contributed by atoms with Crippen molar-refractivity contribution in [3.63, 3.8) is 0 Å². The van der Waals surface area contributed by atoms with Gasteiger partial charge >= 0.3 is 0 Å². The van der Waals surface area contributed by atoms with Gasteiger partial charge in [0, 0.05) is 25.3 Å². The van der Waals surface area contributed by atoms with Gasteiger partial charge in [-0.2, -0.15) is 4.98 Å². The molecule has 26 heavy (non-hydrogen) atoms. The molecule has 0 bridgehead atoms. The van der Waals surface area contributed by atoms with Crippen LogP contribution in [0.2, 0.25) is 0 Å². The molecule has 0 aliphatic heterocycles. The van der Waals surface area contributed by atoms with Crippen molar-refractivity contribution in [3.8, 4) is 0 Å². The first kappa shape index (κ1) is 18.5. The molecule has 7 heteroatoms. The number of anilines is 2. The molecule has 1 saturated carbocycles. The smallest absolute Gasteiger partial charge is 0.224 e. The largest absolute Gasteiger partial charge is 0.393 e.